The van der Waals surface area contributed by atoms with Crippen LogP contribution in [0.1, 0.15) is 44.5 Å². The van der Waals surface area contributed by atoms with Crippen LogP contribution in [0.25, 0.3) is 129 Å². The molecular weight excluding hydrogens is 1030 g/mol. The van der Waals surface area contributed by atoms with Crippen molar-refractivity contribution >= 4 is 63.0 Å². The van der Waals surface area contributed by atoms with Crippen LogP contribution in [-0.4, -0.2) is 4.98 Å². The van der Waals surface area contributed by atoms with Crippen molar-refractivity contribution in [2.24, 2.45) is 0 Å². The fourth-order valence-corrected chi connectivity index (χ4v) is 18.2. The molecule has 15 aromatic rings. The second kappa shape index (κ2) is 16.4. The lowest BCUT2D eigenvalue weighted by molar-refractivity contribution is 0.794. The van der Waals surface area contributed by atoms with Gasteiger partial charge in [0.2, 0.25) is 0 Å². The molecular formula is C79H45NS2. The van der Waals surface area contributed by atoms with Crippen LogP contribution in [0.15, 0.2) is 273 Å². The lowest BCUT2D eigenvalue weighted by Crippen LogP contribution is -2.26. The zero-order chi connectivity index (χ0) is 53.4. The first-order chi connectivity index (χ1) is 40.6. The number of pyridine rings is 1. The highest BCUT2D eigenvalue weighted by Crippen LogP contribution is 2.66. The summed E-state index contributed by atoms with van der Waals surface area (Å²) in [6, 6.07) is 99.3. The average molecular weight is 1070 g/mol. The van der Waals surface area contributed by atoms with Crippen LogP contribution >= 0.6 is 22.7 Å². The lowest BCUT2D eigenvalue weighted by Gasteiger charge is -2.31. The zero-order valence-corrected chi connectivity index (χ0v) is 45.9. The summed E-state index contributed by atoms with van der Waals surface area (Å²) in [6.45, 7) is 0. The Morgan fingerprint density at radius 3 is 0.927 bits per heavy atom. The molecule has 19 rings (SSSR count). The summed E-state index contributed by atoms with van der Waals surface area (Å²) in [5, 5.41) is 5.28. The molecule has 0 unspecified atom stereocenters. The van der Waals surface area contributed by atoms with Crippen LogP contribution in [0.5, 0.6) is 0 Å². The van der Waals surface area contributed by atoms with E-state index in [1.54, 1.807) is 0 Å². The molecule has 0 saturated heterocycles. The van der Waals surface area contributed by atoms with E-state index in [1.807, 2.05) is 22.7 Å². The molecule has 0 fully saturated rings. The van der Waals surface area contributed by atoms with Gasteiger partial charge in [-0.3, -0.25) is 4.98 Å². The normalized spacial score (nSPS) is 14.0. The van der Waals surface area contributed by atoms with Crippen molar-refractivity contribution in [3.63, 3.8) is 0 Å². The molecule has 0 bridgehead atoms. The van der Waals surface area contributed by atoms with Gasteiger partial charge in [0.1, 0.15) is 0 Å². The highest BCUT2D eigenvalue weighted by Gasteiger charge is 2.53. The van der Waals surface area contributed by atoms with Crippen LogP contribution in [0.3, 0.4) is 0 Å². The van der Waals surface area contributed by atoms with E-state index < -0.39 is 10.8 Å². The Labute approximate surface area is 482 Å². The van der Waals surface area contributed by atoms with Gasteiger partial charge in [-0.25, -0.2) is 0 Å². The van der Waals surface area contributed by atoms with E-state index in [1.165, 1.54) is 152 Å². The van der Waals surface area contributed by atoms with Crippen LogP contribution < -0.4 is 0 Å². The van der Waals surface area contributed by atoms with Crippen molar-refractivity contribution < 1.29 is 0 Å². The maximum Gasteiger partial charge on any atom is 0.0725 e. The summed E-state index contributed by atoms with van der Waals surface area (Å²) in [4.78, 5) is 5.10. The van der Waals surface area contributed by atoms with Crippen molar-refractivity contribution in [3.8, 4) is 89.0 Å². The Bertz CT molecular complexity index is 4900. The molecule has 3 aromatic heterocycles. The number of rotatable bonds is 4. The minimum Gasteiger partial charge on any atom is -0.263 e. The summed E-state index contributed by atoms with van der Waals surface area (Å²) in [5.41, 5.74) is 29.5. The second-order valence-electron chi connectivity index (χ2n) is 22.7. The molecule has 2 spiro atoms. The first-order valence-corrected chi connectivity index (χ1v) is 30.0. The van der Waals surface area contributed by atoms with Crippen molar-refractivity contribution in [1.29, 1.82) is 0 Å². The number of hydrogen-bond donors (Lipinski definition) is 0. The molecule has 0 N–H and O–H groups in total. The van der Waals surface area contributed by atoms with Crippen LogP contribution in [0, 0.1) is 0 Å². The summed E-state index contributed by atoms with van der Waals surface area (Å²) in [5.74, 6) is 0. The summed E-state index contributed by atoms with van der Waals surface area (Å²) in [7, 11) is 0. The average Bonchev–Trinajstić information content (AvgIpc) is 2.66. The molecule has 0 saturated carbocycles. The highest BCUT2D eigenvalue weighted by atomic mass is 32.1. The van der Waals surface area contributed by atoms with Crippen molar-refractivity contribution in [2.75, 3.05) is 0 Å². The molecule has 3 heterocycles. The molecule has 3 heteroatoms. The molecule has 12 aromatic carbocycles. The molecule has 0 atom stereocenters. The van der Waals surface area contributed by atoms with E-state index >= 15 is 0 Å². The highest BCUT2D eigenvalue weighted by molar-refractivity contribution is 7.26. The Hall–Kier alpha value is -9.77. The summed E-state index contributed by atoms with van der Waals surface area (Å²) < 4.78 is 5.31. The minimum absolute atomic E-state index is 0.523. The van der Waals surface area contributed by atoms with E-state index in [2.05, 4.69) is 273 Å². The van der Waals surface area contributed by atoms with E-state index in [0.29, 0.717) is 0 Å². The Balaban J connectivity index is 0.774. The Morgan fingerprint density at radius 1 is 0.220 bits per heavy atom. The van der Waals surface area contributed by atoms with Gasteiger partial charge in [0, 0.05) is 63.9 Å². The summed E-state index contributed by atoms with van der Waals surface area (Å²) in [6.07, 6.45) is 4.13. The molecule has 0 amide bonds. The SMILES string of the molecule is c1ccc2c(c1)-c1ccccc1C21c2cc(-c3cncc(-c4ccc5c(c4)C4(c6ccccc6-c6ccccc64)c4cc(-c6cccc7c6sc6ccccc67)ccc4-5)c3)ccc2-c2ccc(-c3cccc4c3sc3ccccc34)cc21. The first kappa shape index (κ1) is 45.0. The van der Waals surface area contributed by atoms with Crippen LogP contribution in [0.2, 0.25) is 0 Å². The molecule has 4 aliphatic carbocycles. The van der Waals surface area contributed by atoms with E-state index in [4.69, 9.17) is 4.98 Å². The molecule has 0 radical (unpaired) electrons. The third-order valence-corrected chi connectivity index (χ3v) is 21.5. The van der Waals surface area contributed by atoms with Gasteiger partial charge in [0.25, 0.3) is 0 Å². The van der Waals surface area contributed by atoms with Gasteiger partial charge in [-0.15, -0.1) is 22.7 Å². The predicted octanol–water partition coefficient (Wildman–Crippen LogP) is 21.2. The molecule has 1 nitrogen and oxygen atoms in total. The molecule has 4 aliphatic rings. The van der Waals surface area contributed by atoms with E-state index in [-0.39, 0.29) is 0 Å². The standard InChI is InChI=1S/C79H45NS2/c1-7-25-66-54(15-1)55-16-2-8-26-67(55)78(66)70-40-46(31-35-58(70)60-37-33-48(42-72(60)78)52-21-13-23-64-62-19-5-11-29-74(62)81-76(52)64)50-39-51(45-80-44-50)47-32-36-59-61-38-34-49(53-22-14-24-65-63-20-6-12-30-75(63)82-77(53)65)43-73(61)79(71(59)41-47)68-27-9-3-17-56(68)57-18-4-10-28-69(57)79/h1-45H. The number of benzene rings is 12. The second-order valence-corrected chi connectivity index (χ2v) is 24.9. The number of fused-ring (bicyclic) bond motifs is 26. The van der Waals surface area contributed by atoms with Crippen LogP contribution in [0.4, 0.5) is 0 Å². The lowest BCUT2D eigenvalue weighted by atomic mass is 9.70. The Kier molecular flexibility index (Phi) is 9.02. The van der Waals surface area contributed by atoms with Crippen LogP contribution in [-0.2, 0) is 10.8 Å². The van der Waals surface area contributed by atoms with Gasteiger partial charge in [-0.2, -0.15) is 0 Å². The monoisotopic (exact) mass is 1070 g/mol. The largest absolute Gasteiger partial charge is 0.263 e. The van der Waals surface area contributed by atoms with Gasteiger partial charge in [-0.05, 0) is 165 Å². The predicted molar refractivity (Wildman–Crippen MR) is 344 cm³/mol. The molecule has 0 aliphatic heterocycles. The maximum absolute atomic E-state index is 5.10. The quantitative estimate of drug-likeness (QED) is 0.171. The molecule has 378 valence electrons. The van der Waals surface area contributed by atoms with Gasteiger partial charge in [0.15, 0.2) is 0 Å². The number of hydrogen-bond acceptors (Lipinski definition) is 3. The molecule has 82 heavy (non-hydrogen) atoms. The number of thiophene rings is 2. The van der Waals surface area contributed by atoms with Gasteiger partial charge in [-0.1, -0.05) is 218 Å². The number of aromatic nitrogens is 1. The maximum atomic E-state index is 5.10. The van der Waals surface area contributed by atoms with Gasteiger partial charge in [0.05, 0.1) is 10.8 Å². The van der Waals surface area contributed by atoms with Crippen molar-refractivity contribution in [2.45, 2.75) is 10.8 Å². The van der Waals surface area contributed by atoms with Gasteiger partial charge >= 0.3 is 0 Å². The first-order valence-electron chi connectivity index (χ1n) is 28.4. The third-order valence-electron chi connectivity index (χ3n) is 19.0. The fourth-order valence-electron chi connectivity index (χ4n) is 15.7. The van der Waals surface area contributed by atoms with Crippen molar-refractivity contribution in [3.05, 3.63) is 318 Å². The van der Waals surface area contributed by atoms with Crippen molar-refractivity contribution in [1.82, 2.24) is 4.98 Å². The zero-order valence-electron chi connectivity index (χ0n) is 44.2. The minimum atomic E-state index is -0.523. The summed E-state index contributed by atoms with van der Waals surface area (Å²) >= 11 is 3.80. The van der Waals surface area contributed by atoms with Gasteiger partial charge < -0.3 is 0 Å². The van der Waals surface area contributed by atoms with E-state index in [0.717, 1.165) is 22.3 Å². The third kappa shape index (κ3) is 5.74. The fraction of sp³-hybridized carbons (Fsp3) is 0.0253. The smallest absolute Gasteiger partial charge is 0.0725 e. The topological polar surface area (TPSA) is 12.9 Å². The Morgan fingerprint density at radius 2 is 0.524 bits per heavy atom. The number of nitrogens with zero attached hydrogens (tertiary/aromatic N) is 1. The van der Waals surface area contributed by atoms with E-state index in [9.17, 15) is 0 Å².